The van der Waals surface area contributed by atoms with Gasteiger partial charge < -0.3 is 11.1 Å². The second kappa shape index (κ2) is 9.34. The first-order valence-corrected chi connectivity index (χ1v) is 10.8. The van der Waals surface area contributed by atoms with E-state index in [9.17, 15) is 4.79 Å². The smallest absolute Gasteiger partial charge is 0.173 e. The number of benzene rings is 1. The summed E-state index contributed by atoms with van der Waals surface area (Å²) in [6, 6.07) is 13.7. The van der Waals surface area contributed by atoms with Gasteiger partial charge in [-0.2, -0.15) is 0 Å². The summed E-state index contributed by atoms with van der Waals surface area (Å²) >= 11 is 7.82. The average molecular weight is 437 g/mol. The number of fused-ring (bicyclic) bond motifs is 1. The molecule has 0 fully saturated rings. The summed E-state index contributed by atoms with van der Waals surface area (Å²) in [5.41, 5.74) is 8.16. The van der Waals surface area contributed by atoms with E-state index < -0.39 is 0 Å². The minimum atomic E-state index is 0.108. The Labute approximate surface area is 183 Å². The molecule has 4 rings (SSSR count). The molecular formula is C23H21ClN4OS. The van der Waals surface area contributed by atoms with E-state index in [2.05, 4.69) is 21.4 Å². The Balaban J connectivity index is 1.35. The van der Waals surface area contributed by atoms with Gasteiger partial charge in [0.1, 0.15) is 5.82 Å². The molecule has 30 heavy (non-hydrogen) atoms. The van der Waals surface area contributed by atoms with Crippen LogP contribution in [-0.2, 0) is 19.5 Å². The predicted molar refractivity (Wildman–Crippen MR) is 123 cm³/mol. The summed E-state index contributed by atoms with van der Waals surface area (Å²) in [4.78, 5) is 22.5. The highest BCUT2D eigenvalue weighted by molar-refractivity contribution is 7.14. The fourth-order valence-corrected chi connectivity index (χ4v) is 4.62. The minimum Gasteiger partial charge on any atom is -0.383 e. The third-order valence-electron chi connectivity index (χ3n) is 4.90. The van der Waals surface area contributed by atoms with Crippen LogP contribution >= 0.6 is 22.9 Å². The van der Waals surface area contributed by atoms with Gasteiger partial charge in [-0.1, -0.05) is 29.8 Å². The molecular weight excluding hydrogens is 416 g/mol. The van der Waals surface area contributed by atoms with Gasteiger partial charge >= 0.3 is 0 Å². The van der Waals surface area contributed by atoms with Crippen LogP contribution in [0.25, 0.3) is 10.8 Å². The Morgan fingerprint density at radius 2 is 1.87 bits per heavy atom. The van der Waals surface area contributed by atoms with Crippen LogP contribution < -0.4 is 11.1 Å². The first-order chi connectivity index (χ1) is 14.6. The van der Waals surface area contributed by atoms with Crippen molar-refractivity contribution in [1.29, 1.82) is 0 Å². The van der Waals surface area contributed by atoms with Crippen molar-refractivity contribution in [3.63, 3.8) is 0 Å². The zero-order valence-corrected chi connectivity index (χ0v) is 17.8. The molecule has 0 radical (unpaired) electrons. The Kier molecular flexibility index (Phi) is 6.38. The van der Waals surface area contributed by atoms with E-state index in [4.69, 9.17) is 17.3 Å². The monoisotopic (exact) mass is 436 g/mol. The number of aromatic nitrogens is 2. The molecule has 4 aromatic rings. The van der Waals surface area contributed by atoms with E-state index in [1.165, 1.54) is 11.3 Å². The van der Waals surface area contributed by atoms with Gasteiger partial charge in [-0.25, -0.2) is 4.98 Å². The van der Waals surface area contributed by atoms with E-state index in [0.29, 0.717) is 35.1 Å². The number of nitrogens with zero attached hydrogens (tertiary/aromatic N) is 2. The molecule has 0 saturated heterocycles. The predicted octanol–water partition coefficient (Wildman–Crippen LogP) is 5.03. The van der Waals surface area contributed by atoms with Crippen molar-refractivity contribution in [2.45, 2.75) is 25.9 Å². The number of aryl methyl sites for hydroxylation is 1. The zero-order chi connectivity index (χ0) is 20.9. The lowest BCUT2D eigenvalue weighted by Gasteiger charge is -2.05. The quantitative estimate of drug-likeness (QED) is 0.378. The molecule has 3 heterocycles. The van der Waals surface area contributed by atoms with E-state index in [-0.39, 0.29) is 5.78 Å². The largest absolute Gasteiger partial charge is 0.383 e. The Hall–Kier alpha value is -2.80. The maximum atomic E-state index is 12.7. The molecule has 3 N–H and O–H groups in total. The summed E-state index contributed by atoms with van der Waals surface area (Å²) in [7, 11) is 0. The second-order valence-corrected chi connectivity index (χ2v) is 8.56. The lowest BCUT2D eigenvalue weighted by atomic mass is 10.0. The number of nitrogens with one attached hydrogen (secondary N) is 1. The maximum absolute atomic E-state index is 12.7. The van der Waals surface area contributed by atoms with Crippen LogP contribution in [0, 0.1) is 0 Å². The number of anilines is 1. The molecule has 0 saturated carbocycles. The van der Waals surface area contributed by atoms with Gasteiger partial charge in [0.25, 0.3) is 0 Å². The zero-order valence-electron chi connectivity index (χ0n) is 16.3. The van der Waals surface area contributed by atoms with Gasteiger partial charge in [-0.15, -0.1) is 11.3 Å². The summed E-state index contributed by atoms with van der Waals surface area (Å²) in [5.74, 6) is 0.630. The normalized spacial score (nSPS) is 11.1. The molecule has 5 nitrogen and oxygen atoms in total. The van der Waals surface area contributed by atoms with Crippen molar-refractivity contribution in [3.05, 3.63) is 87.0 Å². The van der Waals surface area contributed by atoms with Crippen LogP contribution in [0.5, 0.6) is 0 Å². The van der Waals surface area contributed by atoms with Crippen molar-refractivity contribution >= 4 is 45.3 Å². The molecule has 0 aliphatic carbocycles. The van der Waals surface area contributed by atoms with Crippen LogP contribution in [0.3, 0.4) is 0 Å². The van der Waals surface area contributed by atoms with Crippen molar-refractivity contribution < 1.29 is 4.79 Å². The van der Waals surface area contributed by atoms with Crippen molar-refractivity contribution in [1.82, 2.24) is 15.3 Å². The molecule has 0 aliphatic heterocycles. The van der Waals surface area contributed by atoms with Crippen LogP contribution in [0.2, 0.25) is 5.02 Å². The highest BCUT2D eigenvalue weighted by atomic mass is 35.5. The van der Waals surface area contributed by atoms with Crippen molar-refractivity contribution in [2.24, 2.45) is 0 Å². The number of rotatable bonds is 8. The van der Waals surface area contributed by atoms with Gasteiger partial charge in [-0.3, -0.25) is 9.78 Å². The molecule has 152 valence electrons. The number of halogens is 1. The van der Waals surface area contributed by atoms with Crippen molar-refractivity contribution in [3.8, 4) is 0 Å². The summed E-state index contributed by atoms with van der Waals surface area (Å²) in [5, 5.41) is 5.97. The molecule has 0 spiro atoms. The van der Waals surface area contributed by atoms with Crippen LogP contribution in [0.4, 0.5) is 5.82 Å². The number of Topliss-reactive ketones (excluding diaryl/α,β-unsaturated/α-hetero) is 1. The number of hydrogen-bond donors (Lipinski definition) is 2. The van der Waals surface area contributed by atoms with Gasteiger partial charge in [0.15, 0.2) is 5.78 Å². The minimum absolute atomic E-state index is 0.108. The van der Waals surface area contributed by atoms with E-state index in [1.807, 2.05) is 30.3 Å². The number of nitrogen functional groups attached to an aromatic ring is 1. The molecule has 0 aliphatic rings. The maximum Gasteiger partial charge on any atom is 0.173 e. The number of thiophene rings is 1. The molecule has 0 amide bonds. The molecule has 0 bridgehead atoms. The van der Waals surface area contributed by atoms with Gasteiger partial charge in [0.05, 0.1) is 9.90 Å². The van der Waals surface area contributed by atoms with Gasteiger partial charge in [0, 0.05) is 48.4 Å². The van der Waals surface area contributed by atoms with Crippen LogP contribution in [0.1, 0.15) is 32.1 Å². The second-order valence-electron chi connectivity index (χ2n) is 7.02. The first kappa shape index (κ1) is 20.5. The number of hydrogen-bond acceptors (Lipinski definition) is 6. The van der Waals surface area contributed by atoms with E-state index in [0.717, 1.165) is 33.3 Å². The first-order valence-electron chi connectivity index (χ1n) is 9.64. The number of nitrogens with two attached hydrogens (primary N) is 1. The third-order valence-corrected chi connectivity index (χ3v) is 6.52. The van der Waals surface area contributed by atoms with Crippen LogP contribution in [0.15, 0.2) is 61.1 Å². The SMILES string of the molecule is Nc1nccc2cc(CCC(=O)c3cc(Cl)c(CNCc4ccncc4)s3)ccc12. The lowest BCUT2D eigenvalue weighted by molar-refractivity contribution is 0.0986. The third kappa shape index (κ3) is 4.84. The van der Waals surface area contributed by atoms with E-state index in [1.54, 1.807) is 24.7 Å². The standard InChI is InChI=1S/C23H21ClN4OS/c24-19-12-21(30-22(19)14-27-13-16-5-8-26-9-6-16)20(29)4-2-15-1-3-18-17(11-15)7-10-28-23(18)25/h1,3,5-12,27H,2,4,13-14H2,(H2,25,28). The highest BCUT2D eigenvalue weighted by Crippen LogP contribution is 2.28. The Morgan fingerprint density at radius 1 is 1.03 bits per heavy atom. The lowest BCUT2D eigenvalue weighted by Crippen LogP contribution is -2.11. The molecule has 0 atom stereocenters. The van der Waals surface area contributed by atoms with E-state index >= 15 is 0 Å². The van der Waals surface area contributed by atoms with Crippen molar-refractivity contribution in [2.75, 3.05) is 5.73 Å². The number of carbonyl (C=O) groups excluding carboxylic acids is 1. The molecule has 0 unspecified atom stereocenters. The summed E-state index contributed by atoms with van der Waals surface area (Å²) in [6.07, 6.45) is 6.35. The fraction of sp³-hybridized carbons (Fsp3) is 0.174. The Morgan fingerprint density at radius 3 is 2.70 bits per heavy atom. The summed E-state index contributed by atoms with van der Waals surface area (Å²) in [6.45, 7) is 1.35. The number of ketones is 1. The number of pyridine rings is 2. The fourth-order valence-electron chi connectivity index (χ4n) is 3.27. The molecule has 1 aromatic carbocycles. The number of carbonyl (C=O) groups is 1. The van der Waals surface area contributed by atoms with Gasteiger partial charge in [0.2, 0.25) is 0 Å². The molecule has 7 heteroatoms. The van der Waals surface area contributed by atoms with Crippen LogP contribution in [-0.4, -0.2) is 15.8 Å². The highest BCUT2D eigenvalue weighted by Gasteiger charge is 2.14. The molecule has 3 aromatic heterocycles. The summed E-state index contributed by atoms with van der Waals surface area (Å²) < 4.78 is 0. The topological polar surface area (TPSA) is 80.9 Å². The average Bonchev–Trinajstić information content (AvgIpc) is 3.13. The van der Waals surface area contributed by atoms with Gasteiger partial charge in [-0.05, 0) is 47.2 Å². The Bertz CT molecular complexity index is 1180.